The number of carbonyl (C=O) groups excluding carboxylic acids is 1. The molecule has 3 aromatic rings. The molecule has 3 rings (SSSR count). The Bertz CT molecular complexity index is 1190. The molecule has 152 valence electrons. The Balaban J connectivity index is 1.61. The molecule has 0 unspecified atom stereocenters. The van der Waals surface area contributed by atoms with Crippen molar-refractivity contribution in [2.24, 2.45) is 0 Å². The van der Waals surface area contributed by atoms with Gasteiger partial charge < -0.3 is 0 Å². The van der Waals surface area contributed by atoms with Gasteiger partial charge in [-0.3, -0.25) is 14.5 Å². The van der Waals surface area contributed by atoms with Crippen LogP contribution in [0.4, 0.5) is 5.69 Å². The van der Waals surface area contributed by atoms with Crippen molar-refractivity contribution in [2.75, 3.05) is 4.72 Å². The first-order valence-electron chi connectivity index (χ1n) is 9.09. The second-order valence-corrected chi connectivity index (χ2v) is 8.69. The number of sulfonamides is 1. The van der Waals surface area contributed by atoms with E-state index in [0.29, 0.717) is 18.5 Å². The fraction of sp³-hybridized carbons (Fsp3) is 0.136. The van der Waals surface area contributed by atoms with Gasteiger partial charge in [0, 0.05) is 30.9 Å². The van der Waals surface area contributed by atoms with Crippen molar-refractivity contribution in [3.63, 3.8) is 0 Å². The van der Waals surface area contributed by atoms with Gasteiger partial charge >= 0.3 is 0 Å². The number of carbonyl (C=O) groups is 1. The predicted octanol–water partition coefficient (Wildman–Crippen LogP) is 4.15. The lowest BCUT2D eigenvalue weighted by molar-refractivity contribution is -0.118. The maximum atomic E-state index is 12.6. The van der Waals surface area contributed by atoms with Crippen molar-refractivity contribution in [3.8, 4) is 6.07 Å². The number of ketones is 1. The molecule has 0 atom stereocenters. The molecule has 30 heavy (non-hydrogen) atoms. The number of pyridine rings is 1. The largest absolute Gasteiger partial charge is 0.299 e. The lowest BCUT2D eigenvalue weighted by Crippen LogP contribution is -2.13. The van der Waals surface area contributed by atoms with Crippen LogP contribution in [0.25, 0.3) is 0 Å². The van der Waals surface area contributed by atoms with Crippen LogP contribution in [0.1, 0.15) is 23.1 Å². The van der Waals surface area contributed by atoms with Gasteiger partial charge in [0.05, 0.1) is 16.7 Å². The number of hydrogen-bond acceptors (Lipinski definition) is 5. The first-order chi connectivity index (χ1) is 14.4. The van der Waals surface area contributed by atoms with E-state index in [4.69, 9.17) is 16.9 Å². The molecule has 0 aliphatic carbocycles. The Kier molecular flexibility index (Phi) is 6.83. The molecule has 0 saturated heterocycles. The van der Waals surface area contributed by atoms with E-state index in [1.54, 1.807) is 36.7 Å². The summed E-state index contributed by atoms with van der Waals surface area (Å²) < 4.78 is 27.6. The maximum absolute atomic E-state index is 12.6. The minimum atomic E-state index is -3.91. The van der Waals surface area contributed by atoms with Crippen LogP contribution >= 0.6 is 11.6 Å². The van der Waals surface area contributed by atoms with E-state index >= 15 is 0 Å². The zero-order valence-corrected chi connectivity index (χ0v) is 17.4. The van der Waals surface area contributed by atoms with Crippen molar-refractivity contribution in [2.45, 2.75) is 24.2 Å². The third-order valence-electron chi connectivity index (χ3n) is 4.37. The molecular weight excluding hydrogens is 422 g/mol. The molecule has 0 bridgehead atoms. The normalized spacial score (nSPS) is 10.9. The summed E-state index contributed by atoms with van der Waals surface area (Å²) >= 11 is 6.00. The summed E-state index contributed by atoms with van der Waals surface area (Å²) in [6.45, 7) is 0. The predicted molar refractivity (Wildman–Crippen MR) is 115 cm³/mol. The van der Waals surface area contributed by atoms with Crippen LogP contribution in [0.2, 0.25) is 5.02 Å². The molecule has 0 aliphatic rings. The third kappa shape index (κ3) is 5.66. The lowest BCUT2D eigenvalue weighted by Gasteiger charge is -2.10. The van der Waals surface area contributed by atoms with E-state index < -0.39 is 10.0 Å². The van der Waals surface area contributed by atoms with Gasteiger partial charge in [-0.05, 0) is 53.9 Å². The standard InChI is InChI=1S/C22H18ClN3O3S/c23-21-13-18(14-24)6-10-22(21)30(28,29)26-19-7-3-16(4-8-19)12-20(27)9-5-17-2-1-11-25-15-17/h1-4,6-8,10-11,13,15,26H,5,9,12H2. The Morgan fingerprint density at radius 3 is 2.50 bits per heavy atom. The van der Waals surface area contributed by atoms with Gasteiger partial charge in [0.1, 0.15) is 10.7 Å². The topological polar surface area (TPSA) is 99.9 Å². The van der Waals surface area contributed by atoms with Crippen LogP contribution in [0.5, 0.6) is 0 Å². The summed E-state index contributed by atoms with van der Waals surface area (Å²) in [6, 6.07) is 16.3. The average Bonchev–Trinajstić information content (AvgIpc) is 2.74. The van der Waals surface area contributed by atoms with Crippen molar-refractivity contribution >= 4 is 33.1 Å². The minimum absolute atomic E-state index is 0.0302. The zero-order valence-electron chi connectivity index (χ0n) is 15.9. The Labute approximate surface area is 180 Å². The molecule has 0 fully saturated rings. The van der Waals surface area contributed by atoms with Crippen molar-refractivity contribution in [1.82, 2.24) is 4.98 Å². The van der Waals surface area contributed by atoms with Gasteiger partial charge in [0.15, 0.2) is 0 Å². The van der Waals surface area contributed by atoms with Gasteiger partial charge in [0.25, 0.3) is 10.0 Å². The number of aromatic nitrogens is 1. The summed E-state index contributed by atoms with van der Waals surface area (Å²) in [5.74, 6) is 0.0940. The number of nitrogens with zero attached hydrogens (tertiary/aromatic N) is 2. The van der Waals surface area contributed by atoms with E-state index in [1.165, 1.54) is 18.2 Å². The molecule has 1 aromatic heterocycles. The number of aryl methyl sites for hydroxylation is 1. The number of hydrogen-bond donors (Lipinski definition) is 1. The summed E-state index contributed by atoms with van der Waals surface area (Å²) in [7, 11) is -3.91. The number of nitrogens with one attached hydrogen (secondary N) is 1. The second-order valence-electron chi connectivity index (χ2n) is 6.64. The lowest BCUT2D eigenvalue weighted by atomic mass is 10.0. The average molecular weight is 440 g/mol. The molecular formula is C22H18ClN3O3S. The van der Waals surface area contributed by atoms with Crippen LogP contribution in [0, 0.1) is 11.3 Å². The number of rotatable bonds is 8. The van der Waals surface area contributed by atoms with E-state index in [1.807, 2.05) is 18.2 Å². The minimum Gasteiger partial charge on any atom is -0.299 e. The number of nitriles is 1. The van der Waals surface area contributed by atoms with Gasteiger partial charge in [-0.15, -0.1) is 0 Å². The Morgan fingerprint density at radius 2 is 1.87 bits per heavy atom. The third-order valence-corrected chi connectivity index (χ3v) is 6.24. The van der Waals surface area contributed by atoms with Crippen molar-refractivity contribution < 1.29 is 13.2 Å². The van der Waals surface area contributed by atoms with Crippen LogP contribution in [-0.4, -0.2) is 19.2 Å². The van der Waals surface area contributed by atoms with Gasteiger partial charge in [0.2, 0.25) is 0 Å². The molecule has 0 spiro atoms. The van der Waals surface area contributed by atoms with Gasteiger partial charge in [-0.1, -0.05) is 29.8 Å². The van der Waals surface area contributed by atoms with Crippen molar-refractivity contribution in [3.05, 3.63) is 88.7 Å². The molecule has 0 radical (unpaired) electrons. The second kappa shape index (κ2) is 9.53. The highest BCUT2D eigenvalue weighted by atomic mass is 35.5. The van der Waals surface area contributed by atoms with Crippen LogP contribution in [0.15, 0.2) is 71.9 Å². The highest BCUT2D eigenvalue weighted by Crippen LogP contribution is 2.25. The summed E-state index contributed by atoms with van der Waals surface area (Å²) in [5.41, 5.74) is 2.43. The van der Waals surface area contributed by atoms with Crippen LogP contribution < -0.4 is 4.72 Å². The molecule has 8 heteroatoms. The van der Waals surface area contributed by atoms with Crippen LogP contribution in [-0.2, 0) is 27.7 Å². The zero-order chi connectivity index (χ0) is 21.6. The highest BCUT2D eigenvalue weighted by Gasteiger charge is 2.18. The number of benzene rings is 2. The molecule has 0 saturated carbocycles. The quantitative estimate of drug-likeness (QED) is 0.568. The Hall–Kier alpha value is -3.21. The monoisotopic (exact) mass is 439 g/mol. The van der Waals surface area contributed by atoms with E-state index in [0.717, 1.165) is 11.1 Å². The summed E-state index contributed by atoms with van der Waals surface area (Å²) in [4.78, 5) is 16.1. The summed E-state index contributed by atoms with van der Waals surface area (Å²) in [6.07, 6.45) is 4.76. The fourth-order valence-corrected chi connectivity index (χ4v) is 4.44. The van der Waals surface area contributed by atoms with E-state index in [9.17, 15) is 13.2 Å². The first-order valence-corrected chi connectivity index (χ1v) is 11.0. The molecule has 1 heterocycles. The molecule has 0 aliphatic heterocycles. The van der Waals surface area contributed by atoms with Crippen molar-refractivity contribution in [1.29, 1.82) is 5.26 Å². The smallest absolute Gasteiger partial charge is 0.263 e. The van der Waals surface area contributed by atoms with E-state index in [2.05, 4.69) is 9.71 Å². The molecule has 6 nitrogen and oxygen atoms in total. The maximum Gasteiger partial charge on any atom is 0.263 e. The number of anilines is 1. The fourth-order valence-electron chi connectivity index (χ4n) is 2.83. The molecule has 1 N–H and O–H groups in total. The number of Topliss-reactive ketones (excluding diaryl/α,β-unsaturated/α-hetero) is 1. The molecule has 2 aromatic carbocycles. The van der Waals surface area contributed by atoms with Gasteiger partial charge in [-0.2, -0.15) is 5.26 Å². The Morgan fingerprint density at radius 1 is 1.10 bits per heavy atom. The van der Waals surface area contributed by atoms with Crippen LogP contribution in [0.3, 0.4) is 0 Å². The molecule has 0 amide bonds. The number of halogens is 1. The van der Waals surface area contributed by atoms with Gasteiger partial charge in [-0.25, -0.2) is 8.42 Å². The first kappa shape index (κ1) is 21.5. The van der Waals surface area contributed by atoms with E-state index in [-0.39, 0.29) is 27.7 Å². The summed E-state index contributed by atoms with van der Waals surface area (Å²) in [5, 5.41) is 8.84. The highest BCUT2D eigenvalue weighted by molar-refractivity contribution is 7.92. The SMILES string of the molecule is N#Cc1ccc(S(=O)(=O)Nc2ccc(CC(=O)CCc3cccnc3)cc2)c(Cl)c1.